The molecule has 2 aromatic rings. The molecule has 0 radical (unpaired) electrons. The minimum absolute atomic E-state index is 0.264. The fraction of sp³-hybridized carbons (Fsp3) is 0.235. The maximum absolute atomic E-state index is 12.1. The van der Waals surface area contributed by atoms with Crippen molar-refractivity contribution in [2.45, 2.75) is 12.3 Å². The van der Waals surface area contributed by atoms with Gasteiger partial charge in [-0.15, -0.1) is 0 Å². The Morgan fingerprint density at radius 2 is 1.86 bits per heavy atom. The van der Waals surface area contributed by atoms with Crippen LogP contribution in [0, 0.1) is 5.92 Å². The van der Waals surface area contributed by atoms with Crippen LogP contribution < -0.4 is 16.4 Å². The Labute approximate surface area is 134 Å². The third-order valence-electron chi connectivity index (χ3n) is 3.94. The van der Waals surface area contributed by atoms with Crippen molar-refractivity contribution in [2.75, 3.05) is 17.2 Å². The molecule has 2 atom stereocenters. The Morgan fingerprint density at radius 3 is 2.55 bits per heavy atom. The van der Waals surface area contributed by atoms with Gasteiger partial charge in [-0.1, -0.05) is 29.8 Å². The molecule has 0 aromatic heterocycles. The summed E-state index contributed by atoms with van der Waals surface area (Å²) >= 11 is 5.83. The number of halogens is 1. The third-order valence-corrected chi connectivity index (χ3v) is 4.19. The van der Waals surface area contributed by atoms with Crippen LogP contribution in [0.2, 0.25) is 5.02 Å². The van der Waals surface area contributed by atoms with Gasteiger partial charge in [0.2, 0.25) is 0 Å². The lowest BCUT2D eigenvalue weighted by atomic mass is 10.1. The molecule has 2 amide bonds. The van der Waals surface area contributed by atoms with Crippen LogP contribution in [0.4, 0.5) is 16.2 Å². The van der Waals surface area contributed by atoms with Crippen molar-refractivity contribution >= 4 is 29.0 Å². The van der Waals surface area contributed by atoms with Gasteiger partial charge in [-0.05, 0) is 60.7 Å². The molecule has 0 aliphatic heterocycles. The van der Waals surface area contributed by atoms with E-state index in [0.717, 1.165) is 17.7 Å². The number of nitrogens with two attached hydrogens (primary N) is 1. The summed E-state index contributed by atoms with van der Waals surface area (Å²) in [5.74, 6) is 0.985. The predicted molar refractivity (Wildman–Crippen MR) is 90.4 cm³/mol. The minimum Gasteiger partial charge on any atom is -0.330 e. The van der Waals surface area contributed by atoms with Gasteiger partial charge in [-0.2, -0.15) is 0 Å². The zero-order valence-electron chi connectivity index (χ0n) is 12.1. The molecule has 4 N–H and O–H groups in total. The number of amides is 2. The molecule has 0 spiro atoms. The Balaban J connectivity index is 1.68. The van der Waals surface area contributed by atoms with Crippen LogP contribution in [-0.2, 0) is 0 Å². The number of carbonyl (C=O) groups is 1. The molecule has 1 aliphatic carbocycles. The van der Waals surface area contributed by atoms with Crippen molar-refractivity contribution in [3.8, 4) is 0 Å². The van der Waals surface area contributed by atoms with Gasteiger partial charge in [0, 0.05) is 16.4 Å². The largest absolute Gasteiger partial charge is 0.330 e. The summed E-state index contributed by atoms with van der Waals surface area (Å²) < 4.78 is 0. The predicted octanol–water partition coefficient (Wildman–Crippen LogP) is 4.05. The number of para-hydroxylation sites is 1. The molecule has 1 fully saturated rings. The molecular formula is C17H18ClN3O. The first-order valence-corrected chi connectivity index (χ1v) is 7.67. The van der Waals surface area contributed by atoms with Crippen LogP contribution >= 0.6 is 11.6 Å². The molecule has 114 valence electrons. The Hall–Kier alpha value is -2.04. The molecule has 1 aliphatic rings. The van der Waals surface area contributed by atoms with E-state index in [1.165, 1.54) is 0 Å². The summed E-state index contributed by atoms with van der Waals surface area (Å²) in [4.78, 5) is 12.1. The maximum Gasteiger partial charge on any atom is 0.323 e. The lowest BCUT2D eigenvalue weighted by molar-refractivity contribution is 0.262. The molecular weight excluding hydrogens is 298 g/mol. The molecule has 1 saturated carbocycles. The van der Waals surface area contributed by atoms with Crippen LogP contribution in [0.3, 0.4) is 0 Å². The first-order chi connectivity index (χ1) is 10.7. The van der Waals surface area contributed by atoms with Gasteiger partial charge >= 0.3 is 6.03 Å². The highest BCUT2D eigenvalue weighted by molar-refractivity contribution is 6.30. The van der Waals surface area contributed by atoms with E-state index in [1.54, 1.807) is 24.3 Å². The topological polar surface area (TPSA) is 67.1 Å². The Kier molecular flexibility index (Phi) is 4.32. The number of urea groups is 1. The lowest BCUT2D eigenvalue weighted by Gasteiger charge is -2.12. The van der Waals surface area contributed by atoms with Crippen LogP contribution in [0.1, 0.15) is 17.9 Å². The standard InChI is InChI=1S/C17H18ClN3O/c18-12-5-7-13(8-6-12)20-17(22)21-16-4-2-1-3-14(16)15-9-11(15)10-19/h1-8,11,15H,9-10,19H2,(H2,20,21,22). The molecule has 4 nitrogen and oxygen atoms in total. The number of carbonyl (C=O) groups excluding carboxylic acids is 1. The van der Waals surface area contributed by atoms with Crippen LogP contribution in [0.25, 0.3) is 0 Å². The molecule has 5 heteroatoms. The van der Waals surface area contributed by atoms with E-state index in [0.29, 0.717) is 29.1 Å². The van der Waals surface area contributed by atoms with Crippen molar-refractivity contribution in [2.24, 2.45) is 11.7 Å². The van der Waals surface area contributed by atoms with E-state index in [9.17, 15) is 4.79 Å². The zero-order valence-corrected chi connectivity index (χ0v) is 12.8. The Morgan fingerprint density at radius 1 is 1.14 bits per heavy atom. The van der Waals surface area contributed by atoms with E-state index < -0.39 is 0 Å². The number of benzene rings is 2. The van der Waals surface area contributed by atoms with E-state index in [4.69, 9.17) is 17.3 Å². The fourth-order valence-electron chi connectivity index (χ4n) is 2.64. The normalized spacial score (nSPS) is 19.5. The first kappa shape index (κ1) is 14.9. The highest BCUT2D eigenvalue weighted by Crippen LogP contribution is 2.48. The zero-order chi connectivity index (χ0) is 15.5. The molecule has 2 aromatic carbocycles. The second-order valence-corrected chi connectivity index (χ2v) is 5.95. The average molecular weight is 316 g/mol. The molecule has 0 heterocycles. The summed E-state index contributed by atoms with van der Waals surface area (Å²) in [5.41, 5.74) is 8.42. The molecule has 0 saturated heterocycles. The lowest BCUT2D eigenvalue weighted by Crippen LogP contribution is -2.20. The van der Waals surface area contributed by atoms with Gasteiger partial charge in [-0.25, -0.2) is 4.79 Å². The van der Waals surface area contributed by atoms with Crippen molar-refractivity contribution in [1.82, 2.24) is 0 Å². The maximum atomic E-state index is 12.1. The van der Waals surface area contributed by atoms with Crippen molar-refractivity contribution < 1.29 is 4.79 Å². The fourth-order valence-corrected chi connectivity index (χ4v) is 2.77. The van der Waals surface area contributed by atoms with Crippen molar-refractivity contribution in [3.05, 3.63) is 59.1 Å². The van der Waals surface area contributed by atoms with Crippen molar-refractivity contribution in [3.63, 3.8) is 0 Å². The quantitative estimate of drug-likeness (QED) is 0.797. The van der Waals surface area contributed by atoms with Crippen LogP contribution in [0.5, 0.6) is 0 Å². The average Bonchev–Trinajstić information content (AvgIpc) is 3.30. The molecule has 2 unspecified atom stereocenters. The highest BCUT2D eigenvalue weighted by Gasteiger charge is 2.38. The summed E-state index contributed by atoms with van der Waals surface area (Å²) in [5, 5.41) is 6.35. The summed E-state index contributed by atoms with van der Waals surface area (Å²) in [6.07, 6.45) is 1.09. The van der Waals surface area contributed by atoms with E-state index >= 15 is 0 Å². The molecule has 0 bridgehead atoms. The number of rotatable bonds is 4. The number of hydrogen-bond acceptors (Lipinski definition) is 2. The van der Waals surface area contributed by atoms with E-state index in [-0.39, 0.29) is 6.03 Å². The molecule has 22 heavy (non-hydrogen) atoms. The minimum atomic E-state index is -0.264. The van der Waals surface area contributed by atoms with Gasteiger partial charge in [-0.3, -0.25) is 0 Å². The third kappa shape index (κ3) is 3.40. The van der Waals surface area contributed by atoms with E-state index in [2.05, 4.69) is 16.7 Å². The smallest absolute Gasteiger partial charge is 0.323 e. The van der Waals surface area contributed by atoms with Gasteiger partial charge in [0.25, 0.3) is 0 Å². The van der Waals surface area contributed by atoms with Gasteiger partial charge in [0.1, 0.15) is 0 Å². The monoisotopic (exact) mass is 315 g/mol. The van der Waals surface area contributed by atoms with Crippen molar-refractivity contribution in [1.29, 1.82) is 0 Å². The summed E-state index contributed by atoms with van der Waals surface area (Å²) in [6.45, 7) is 0.690. The van der Waals surface area contributed by atoms with Gasteiger partial charge in [0.05, 0.1) is 0 Å². The number of nitrogens with one attached hydrogen (secondary N) is 2. The number of hydrogen-bond donors (Lipinski definition) is 3. The van der Waals surface area contributed by atoms with Gasteiger partial charge < -0.3 is 16.4 Å². The van der Waals surface area contributed by atoms with Crippen LogP contribution in [-0.4, -0.2) is 12.6 Å². The van der Waals surface area contributed by atoms with Gasteiger partial charge in [0.15, 0.2) is 0 Å². The Bertz CT molecular complexity index is 672. The summed E-state index contributed by atoms with van der Waals surface area (Å²) in [7, 11) is 0. The second-order valence-electron chi connectivity index (χ2n) is 5.51. The summed E-state index contributed by atoms with van der Waals surface area (Å²) in [6, 6.07) is 14.6. The SMILES string of the molecule is NCC1CC1c1ccccc1NC(=O)Nc1ccc(Cl)cc1. The van der Waals surface area contributed by atoms with E-state index in [1.807, 2.05) is 18.2 Å². The highest BCUT2D eigenvalue weighted by atomic mass is 35.5. The number of anilines is 2. The first-order valence-electron chi connectivity index (χ1n) is 7.30. The second kappa shape index (κ2) is 6.38. The molecule has 3 rings (SSSR count). The van der Waals surface area contributed by atoms with Crippen LogP contribution in [0.15, 0.2) is 48.5 Å².